The molecule has 0 atom stereocenters. The van der Waals surface area contributed by atoms with Crippen LogP contribution in [-0.4, -0.2) is 0 Å². The second-order valence-electron chi connectivity index (χ2n) is 2.32. The highest BCUT2D eigenvalue weighted by atomic mass is 13.8. The molecule has 0 aromatic heterocycles. The van der Waals surface area contributed by atoms with E-state index in [-0.39, 0.29) is 0 Å². The van der Waals surface area contributed by atoms with E-state index in [0.717, 1.165) is 0 Å². The van der Waals surface area contributed by atoms with E-state index in [0.29, 0.717) is 0 Å². The van der Waals surface area contributed by atoms with Gasteiger partial charge in [0.25, 0.3) is 0 Å². The smallest absolute Gasteiger partial charge is 0.0398 e. The number of aryl methyl sites for hydroxylation is 1. The van der Waals surface area contributed by atoms with Crippen LogP contribution in [0.15, 0.2) is 42.5 Å². The van der Waals surface area contributed by atoms with Crippen molar-refractivity contribution in [2.24, 2.45) is 0 Å². The highest BCUT2D eigenvalue weighted by molar-refractivity contribution is 5.11. The Labute approximate surface area is 83.3 Å². The average Bonchev–Trinajstić information content (AvgIpc) is 2.22. The van der Waals surface area contributed by atoms with E-state index >= 15 is 0 Å². The molecule has 0 N–H and O–H groups in total. The summed E-state index contributed by atoms with van der Waals surface area (Å²) >= 11 is 0. The van der Waals surface area contributed by atoms with Gasteiger partial charge >= 0.3 is 0 Å². The fourth-order valence-electron chi connectivity index (χ4n) is 0.534. The Hall–Kier alpha value is -1.04. The summed E-state index contributed by atoms with van der Waals surface area (Å²) in [5.41, 5.74) is 1.32. The molecule has 0 nitrogen and oxygen atoms in total. The molecule has 0 aliphatic rings. The van der Waals surface area contributed by atoms with Gasteiger partial charge in [-0.2, -0.15) is 0 Å². The zero-order valence-corrected chi connectivity index (χ0v) is 9.54. The lowest BCUT2D eigenvalue weighted by Crippen LogP contribution is -1.62. The van der Waals surface area contributed by atoms with E-state index in [9.17, 15) is 0 Å². The van der Waals surface area contributed by atoms with E-state index in [4.69, 9.17) is 0 Å². The number of hydrogen-bond acceptors (Lipinski definition) is 0. The molecular formula is C13H22. The monoisotopic (exact) mass is 178 g/mol. The van der Waals surface area contributed by atoms with Crippen molar-refractivity contribution in [3.05, 3.63) is 48.0 Å². The summed E-state index contributed by atoms with van der Waals surface area (Å²) in [4.78, 5) is 0. The Morgan fingerprint density at radius 1 is 0.846 bits per heavy atom. The minimum Gasteiger partial charge on any atom is -0.0919 e. The summed E-state index contributed by atoms with van der Waals surface area (Å²) in [5, 5.41) is 0. The third-order valence-electron chi connectivity index (χ3n) is 1.27. The van der Waals surface area contributed by atoms with E-state index in [1.54, 1.807) is 0 Å². The van der Waals surface area contributed by atoms with Crippen LogP contribution in [0, 0.1) is 6.92 Å². The van der Waals surface area contributed by atoms with Crippen LogP contribution in [0.4, 0.5) is 0 Å². The highest BCUT2D eigenvalue weighted by Gasteiger charge is 1.72. The lowest BCUT2D eigenvalue weighted by molar-refractivity contribution is 1.48. The first-order valence-corrected chi connectivity index (χ1v) is 4.90. The molecule has 0 heterocycles. The van der Waals surface area contributed by atoms with Gasteiger partial charge in [0, 0.05) is 0 Å². The SMILES string of the molecule is CC.CC=CC.Cc1ccccc1. The van der Waals surface area contributed by atoms with Crippen molar-refractivity contribution in [3.63, 3.8) is 0 Å². The Bertz CT molecular complexity index is 180. The molecule has 0 fully saturated rings. The van der Waals surface area contributed by atoms with E-state index in [2.05, 4.69) is 19.1 Å². The van der Waals surface area contributed by atoms with Crippen molar-refractivity contribution in [3.8, 4) is 0 Å². The molecule has 0 radical (unpaired) electrons. The standard InChI is InChI=1S/C7H8.C4H8.C2H6/c1-7-5-3-2-4-6-7;1-3-4-2;1-2/h2-6H,1H3;3-4H,1-2H3;1-2H3. The Kier molecular flexibility index (Phi) is 15.1. The maximum atomic E-state index is 2.08. The molecule has 0 spiro atoms. The molecule has 1 aromatic carbocycles. The van der Waals surface area contributed by atoms with Gasteiger partial charge < -0.3 is 0 Å². The number of allylic oxidation sites excluding steroid dienone is 2. The third-order valence-corrected chi connectivity index (χ3v) is 1.27. The van der Waals surface area contributed by atoms with Gasteiger partial charge in [0.05, 0.1) is 0 Å². The van der Waals surface area contributed by atoms with Crippen LogP contribution in [0.2, 0.25) is 0 Å². The van der Waals surface area contributed by atoms with Crippen LogP contribution in [0.3, 0.4) is 0 Å². The Morgan fingerprint density at radius 3 is 1.38 bits per heavy atom. The van der Waals surface area contributed by atoms with Gasteiger partial charge in [-0.25, -0.2) is 0 Å². The molecule has 0 bridgehead atoms. The molecule has 0 amide bonds. The molecule has 0 unspecified atom stereocenters. The van der Waals surface area contributed by atoms with Crippen LogP contribution in [0.25, 0.3) is 0 Å². The maximum Gasteiger partial charge on any atom is -0.0398 e. The third kappa shape index (κ3) is 13.9. The lowest BCUT2D eigenvalue weighted by atomic mass is 10.2. The average molecular weight is 178 g/mol. The molecule has 13 heavy (non-hydrogen) atoms. The van der Waals surface area contributed by atoms with Crippen LogP contribution in [-0.2, 0) is 0 Å². The summed E-state index contributed by atoms with van der Waals surface area (Å²) in [6.07, 6.45) is 4.00. The van der Waals surface area contributed by atoms with Gasteiger partial charge in [-0.1, -0.05) is 61.9 Å². The molecule has 1 aromatic rings. The fourth-order valence-corrected chi connectivity index (χ4v) is 0.534. The van der Waals surface area contributed by atoms with Crippen LogP contribution in [0.1, 0.15) is 33.3 Å². The largest absolute Gasteiger partial charge is 0.0919 e. The van der Waals surface area contributed by atoms with Gasteiger partial charge in [-0.05, 0) is 20.8 Å². The van der Waals surface area contributed by atoms with Crippen molar-refractivity contribution >= 4 is 0 Å². The molecule has 0 aliphatic carbocycles. The molecule has 74 valence electrons. The van der Waals surface area contributed by atoms with Gasteiger partial charge in [0.2, 0.25) is 0 Å². The first-order chi connectivity index (χ1) is 6.31. The maximum absolute atomic E-state index is 2.08. The second-order valence-corrected chi connectivity index (χ2v) is 2.32. The van der Waals surface area contributed by atoms with E-state index < -0.39 is 0 Å². The summed E-state index contributed by atoms with van der Waals surface area (Å²) in [6, 6.07) is 10.3. The molecular weight excluding hydrogens is 156 g/mol. The first-order valence-electron chi connectivity index (χ1n) is 4.90. The second kappa shape index (κ2) is 13.5. The zero-order chi connectivity index (χ0) is 10.5. The minimum atomic E-state index is 1.32. The Balaban J connectivity index is 0. The fraction of sp³-hybridized carbons (Fsp3) is 0.385. The van der Waals surface area contributed by atoms with Crippen molar-refractivity contribution in [1.29, 1.82) is 0 Å². The topological polar surface area (TPSA) is 0 Å². The summed E-state index contributed by atoms with van der Waals surface area (Å²) in [5.74, 6) is 0. The normalized spacial score (nSPS) is 8.08. The predicted molar refractivity (Wildman–Crippen MR) is 63.0 cm³/mol. The first kappa shape index (κ1) is 14.5. The lowest BCUT2D eigenvalue weighted by Gasteiger charge is -1.82. The van der Waals surface area contributed by atoms with E-state index in [1.165, 1.54) is 5.56 Å². The number of hydrogen-bond donors (Lipinski definition) is 0. The van der Waals surface area contributed by atoms with Crippen LogP contribution >= 0.6 is 0 Å². The predicted octanol–water partition coefficient (Wildman–Crippen LogP) is 4.60. The Morgan fingerprint density at radius 2 is 1.23 bits per heavy atom. The number of rotatable bonds is 0. The van der Waals surface area contributed by atoms with Gasteiger partial charge in [0.1, 0.15) is 0 Å². The van der Waals surface area contributed by atoms with Gasteiger partial charge in [0.15, 0.2) is 0 Å². The van der Waals surface area contributed by atoms with Crippen LogP contribution < -0.4 is 0 Å². The van der Waals surface area contributed by atoms with E-state index in [1.807, 2.05) is 58.0 Å². The summed E-state index contributed by atoms with van der Waals surface area (Å²) in [7, 11) is 0. The molecule has 0 heteroatoms. The van der Waals surface area contributed by atoms with Gasteiger partial charge in [-0.3, -0.25) is 0 Å². The van der Waals surface area contributed by atoms with Crippen molar-refractivity contribution < 1.29 is 0 Å². The van der Waals surface area contributed by atoms with Crippen LogP contribution in [0.5, 0.6) is 0 Å². The molecule has 0 aliphatic heterocycles. The van der Waals surface area contributed by atoms with Crippen molar-refractivity contribution in [2.45, 2.75) is 34.6 Å². The van der Waals surface area contributed by atoms with Crippen molar-refractivity contribution in [1.82, 2.24) is 0 Å². The van der Waals surface area contributed by atoms with Gasteiger partial charge in [-0.15, -0.1) is 0 Å². The minimum absolute atomic E-state index is 1.32. The zero-order valence-electron chi connectivity index (χ0n) is 9.54. The quantitative estimate of drug-likeness (QED) is 0.509. The molecule has 1 rings (SSSR count). The molecule has 0 saturated heterocycles. The number of benzene rings is 1. The molecule has 0 saturated carbocycles. The summed E-state index contributed by atoms with van der Waals surface area (Å²) in [6.45, 7) is 10.1. The highest BCUT2D eigenvalue weighted by Crippen LogP contribution is 1.92. The van der Waals surface area contributed by atoms with Crippen molar-refractivity contribution in [2.75, 3.05) is 0 Å². The summed E-state index contributed by atoms with van der Waals surface area (Å²) < 4.78 is 0.